The highest BCUT2D eigenvalue weighted by molar-refractivity contribution is 6.30. The molecule has 1 aliphatic rings. The van der Waals surface area contributed by atoms with E-state index < -0.39 is 17.5 Å². The van der Waals surface area contributed by atoms with Crippen LogP contribution in [0.5, 0.6) is 0 Å². The van der Waals surface area contributed by atoms with E-state index in [-0.39, 0.29) is 23.2 Å². The minimum Gasteiger partial charge on any atom is -0.349 e. The van der Waals surface area contributed by atoms with Crippen molar-refractivity contribution in [3.8, 4) is 5.69 Å². The van der Waals surface area contributed by atoms with Gasteiger partial charge in [-0.3, -0.25) is 9.59 Å². The maximum Gasteiger partial charge on any atom is 0.276 e. The normalized spacial score (nSPS) is 14.5. The van der Waals surface area contributed by atoms with Gasteiger partial charge in [0.25, 0.3) is 11.8 Å². The summed E-state index contributed by atoms with van der Waals surface area (Å²) in [6, 6.07) is 9.88. The number of carbonyl (C=O) groups excluding carboxylic acids is 2. The molecule has 2 amide bonds. The molecule has 4 rings (SSSR count). The minimum absolute atomic E-state index is 0.0510. The number of piperidine rings is 1. The van der Waals surface area contributed by atoms with Gasteiger partial charge < -0.3 is 10.2 Å². The van der Waals surface area contributed by atoms with E-state index >= 15 is 0 Å². The van der Waals surface area contributed by atoms with Crippen molar-refractivity contribution < 1.29 is 18.4 Å². The second-order valence-electron chi connectivity index (χ2n) is 7.20. The van der Waals surface area contributed by atoms with E-state index in [1.165, 1.54) is 10.7 Å². The highest BCUT2D eigenvalue weighted by Gasteiger charge is 2.26. The average Bonchev–Trinajstić information content (AvgIpc) is 3.26. The van der Waals surface area contributed by atoms with Crippen molar-refractivity contribution in [2.75, 3.05) is 13.1 Å². The van der Waals surface area contributed by atoms with Crippen LogP contribution < -0.4 is 5.32 Å². The Bertz CT molecular complexity index is 1130. The molecule has 1 fully saturated rings. The number of amides is 2. The standard InChI is InChI=1S/C21H18ClF2N5O2/c22-14-2-1-3-16(11-14)29-12-19(26-27-29)21(31)28-8-6-15(7-9-28)25-20(30)13-4-5-17(23)18(24)10-13/h1-5,10-12,15H,6-9H2,(H,25,30). The molecule has 0 bridgehead atoms. The largest absolute Gasteiger partial charge is 0.349 e. The second kappa shape index (κ2) is 8.81. The Labute approximate surface area is 181 Å². The van der Waals surface area contributed by atoms with E-state index in [9.17, 15) is 18.4 Å². The predicted octanol–water partition coefficient (Wildman–Crippen LogP) is 3.23. The number of benzene rings is 2. The van der Waals surface area contributed by atoms with E-state index in [1.54, 1.807) is 35.4 Å². The summed E-state index contributed by atoms with van der Waals surface area (Å²) in [5.74, 6) is -2.80. The third-order valence-corrected chi connectivity index (χ3v) is 5.32. The van der Waals surface area contributed by atoms with Crippen LogP contribution in [0.1, 0.15) is 33.7 Å². The molecular formula is C21H18ClF2N5O2. The molecule has 0 spiro atoms. The molecule has 0 saturated carbocycles. The third-order valence-electron chi connectivity index (χ3n) is 5.08. The van der Waals surface area contributed by atoms with Crippen LogP contribution in [0.2, 0.25) is 5.02 Å². The minimum atomic E-state index is -1.07. The first-order chi connectivity index (χ1) is 14.9. The smallest absolute Gasteiger partial charge is 0.276 e. The predicted molar refractivity (Wildman–Crippen MR) is 109 cm³/mol. The Morgan fingerprint density at radius 1 is 1.06 bits per heavy atom. The SMILES string of the molecule is O=C(NC1CCN(C(=O)c2cn(-c3cccc(Cl)c3)nn2)CC1)c1ccc(F)c(F)c1. The summed E-state index contributed by atoms with van der Waals surface area (Å²) in [5.41, 5.74) is 0.956. The number of hydrogen-bond acceptors (Lipinski definition) is 4. The van der Waals surface area contributed by atoms with Crippen LogP contribution in [0.15, 0.2) is 48.7 Å². The molecule has 0 unspecified atom stereocenters. The van der Waals surface area contributed by atoms with Gasteiger partial charge in [0.15, 0.2) is 17.3 Å². The Balaban J connectivity index is 1.34. The molecule has 1 aliphatic heterocycles. The number of carbonyl (C=O) groups is 2. The fourth-order valence-corrected chi connectivity index (χ4v) is 3.59. The topological polar surface area (TPSA) is 80.1 Å². The van der Waals surface area contributed by atoms with E-state index in [0.717, 1.165) is 12.1 Å². The van der Waals surface area contributed by atoms with Crippen LogP contribution in [0.4, 0.5) is 8.78 Å². The van der Waals surface area contributed by atoms with Crippen molar-refractivity contribution in [3.63, 3.8) is 0 Å². The Hall–Kier alpha value is -3.33. The highest BCUT2D eigenvalue weighted by atomic mass is 35.5. The van der Waals surface area contributed by atoms with E-state index in [2.05, 4.69) is 15.6 Å². The lowest BCUT2D eigenvalue weighted by Gasteiger charge is -2.31. The lowest BCUT2D eigenvalue weighted by atomic mass is 10.0. The van der Waals surface area contributed by atoms with E-state index in [1.807, 2.05) is 0 Å². The Kier molecular flexibility index (Phi) is 5.94. The average molecular weight is 446 g/mol. The number of aromatic nitrogens is 3. The van der Waals surface area contributed by atoms with Crippen LogP contribution >= 0.6 is 11.6 Å². The zero-order valence-electron chi connectivity index (χ0n) is 16.3. The lowest BCUT2D eigenvalue weighted by molar-refractivity contribution is 0.0692. The Morgan fingerprint density at radius 3 is 2.55 bits per heavy atom. The van der Waals surface area contributed by atoms with Crippen molar-refractivity contribution in [1.82, 2.24) is 25.2 Å². The molecule has 1 saturated heterocycles. The summed E-state index contributed by atoms with van der Waals surface area (Å²) in [6.45, 7) is 0.844. The number of nitrogens with zero attached hydrogens (tertiary/aromatic N) is 4. The molecule has 0 atom stereocenters. The van der Waals surface area contributed by atoms with Gasteiger partial charge in [-0.2, -0.15) is 0 Å². The van der Waals surface area contributed by atoms with Gasteiger partial charge in [0.2, 0.25) is 0 Å². The number of rotatable bonds is 4. The summed E-state index contributed by atoms with van der Waals surface area (Å²) in [6.07, 6.45) is 2.61. The Morgan fingerprint density at radius 2 is 1.84 bits per heavy atom. The zero-order valence-corrected chi connectivity index (χ0v) is 17.0. The van der Waals surface area contributed by atoms with Gasteiger partial charge in [0, 0.05) is 29.7 Å². The van der Waals surface area contributed by atoms with Gasteiger partial charge in [-0.25, -0.2) is 13.5 Å². The summed E-state index contributed by atoms with van der Waals surface area (Å²) in [7, 11) is 0. The highest BCUT2D eigenvalue weighted by Crippen LogP contribution is 2.17. The molecule has 1 N–H and O–H groups in total. The van der Waals surface area contributed by atoms with E-state index in [0.29, 0.717) is 36.6 Å². The van der Waals surface area contributed by atoms with Gasteiger partial charge >= 0.3 is 0 Å². The quantitative estimate of drug-likeness (QED) is 0.668. The zero-order chi connectivity index (χ0) is 22.0. The molecule has 0 radical (unpaired) electrons. The van der Waals surface area contributed by atoms with Crippen LogP contribution in [0, 0.1) is 11.6 Å². The molecule has 1 aromatic heterocycles. The first-order valence-corrected chi connectivity index (χ1v) is 10.0. The first kappa shape index (κ1) is 20.9. The van der Waals surface area contributed by atoms with Crippen LogP contribution in [0.25, 0.3) is 5.69 Å². The van der Waals surface area contributed by atoms with Crippen molar-refractivity contribution in [2.45, 2.75) is 18.9 Å². The molecule has 7 nitrogen and oxygen atoms in total. The van der Waals surface area contributed by atoms with Crippen LogP contribution in [-0.2, 0) is 0 Å². The van der Waals surface area contributed by atoms with Gasteiger partial charge in [-0.1, -0.05) is 22.9 Å². The summed E-state index contributed by atoms with van der Waals surface area (Å²) >= 11 is 5.99. The summed E-state index contributed by atoms with van der Waals surface area (Å²) in [5, 5.41) is 11.3. The summed E-state index contributed by atoms with van der Waals surface area (Å²) in [4.78, 5) is 26.7. The van der Waals surface area contributed by atoms with Crippen molar-refractivity contribution in [1.29, 1.82) is 0 Å². The molecular weight excluding hydrogens is 428 g/mol. The van der Waals surface area contributed by atoms with Crippen LogP contribution in [0.3, 0.4) is 0 Å². The fourth-order valence-electron chi connectivity index (χ4n) is 3.40. The van der Waals surface area contributed by atoms with E-state index in [4.69, 9.17) is 11.6 Å². The monoisotopic (exact) mass is 445 g/mol. The molecule has 2 aromatic carbocycles. The summed E-state index contributed by atoms with van der Waals surface area (Å²) < 4.78 is 27.8. The third kappa shape index (κ3) is 4.72. The number of hydrogen-bond donors (Lipinski definition) is 1. The second-order valence-corrected chi connectivity index (χ2v) is 7.63. The molecule has 0 aliphatic carbocycles. The number of nitrogens with one attached hydrogen (secondary N) is 1. The van der Waals surface area contributed by atoms with Gasteiger partial charge in [-0.05, 0) is 49.2 Å². The number of halogens is 3. The molecule has 2 heterocycles. The molecule has 160 valence electrons. The molecule has 10 heteroatoms. The molecule has 3 aromatic rings. The van der Waals surface area contributed by atoms with Crippen molar-refractivity contribution >= 4 is 23.4 Å². The van der Waals surface area contributed by atoms with Gasteiger partial charge in [0.1, 0.15) is 0 Å². The van der Waals surface area contributed by atoms with Crippen LogP contribution in [-0.4, -0.2) is 50.8 Å². The maximum atomic E-state index is 13.3. The molecule has 31 heavy (non-hydrogen) atoms. The lowest BCUT2D eigenvalue weighted by Crippen LogP contribution is -2.46. The van der Waals surface area contributed by atoms with Crippen molar-refractivity contribution in [2.24, 2.45) is 0 Å². The van der Waals surface area contributed by atoms with Crippen molar-refractivity contribution in [3.05, 3.63) is 76.6 Å². The maximum absolute atomic E-state index is 13.3. The van der Waals surface area contributed by atoms with Gasteiger partial charge in [0.05, 0.1) is 11.9 Å². The number of likely N-dealkylation sites (tertiary alicyclic amines) is 1. The first-order valence-electron chi connectivity index (χ1n) is 9.64. The van der Waals surface area contributed by atoms with Gasteiger partial charge in [-0.15, -0.1) is 5.10 Å². The fraction of sp³-hybridized carbons (Fsp3) is 0.238.